The van der Waals surface area contributed by atoms with Crippen LogP contribution in [0.3, 0.4) is 0 Å². The molecule has 2 aromatic rings. The fourth-order valence-electron chi connectivity index (χ4n) is 1.10. The van der Waals surface area contributed by atoms with Crippen LogP contribution in [0.5, 0.6) is 0 Å². The van der Waals surface area contributed by atoms with Gasteiger partial charge in [-0.15, -0.1) is 0 Å². The van der Waals surface area contributed by atoms with Crippen LogP contribution in [0.1, 0.15) is 0 Å². The largest absolute Gasteiger partial charge is 0.276 e. The van der Waals surface area contributed by atoms with Crippen molar-refractivity contribution in [3.8, 4) is 11.3 Å². The van der Waals surface area contributed by atoms with Gasteiger partial charge in [-0.1, -0.05) is 23.7 Å². The summed E-state index contributed by atoms with van der Waals surface area (Å²) in [6, 6.07) is 7.88. The van der Waals surface area contributed by atoms with Gasteiger partial charge in [0, 0.05) is 11.6 Å². The highest BCUT2D eigenvalue weighted by atomic mass is 35.5. The molecule has 0 spiro atoms. The van der Waals surface area contributed by atoms with Crippen molar-refractivity contribution in [1.29, 1.82) is 0 Å². The van der Waals surface area contributed by atoms with Crippen molar-refractivity contribution in [2.75, 3.05) is 0 Å². The molecule has 0 amide bonds. The molecule has 2 rings (SSSR count). The summed E-state index contributed by atoms with van der Waals surface area (Å²) in [4.78, 5) is 0. The van der Waals surface area contributed by atoms with Gasteiger partial charge in [-0.2, -0.15) is 5.10 Å². The summed E-state index contributed by atoms with van der Waals surface area (Å²) in [7, 11) is 0. The third kappa shape index (κ3) is 1.70. The van der Waals surface area contributed by atoms with Crippen molar-refractivity contribution in [3.05, 3.63) is 41.3 Å². The molecule has 1 N–H and O–H groups in total. The lowest BCUT2D eigenvalue weighted by Gasteiger charge is -1.95. The van der Waals surface area contributed by atoms with Gasteiger partial charge in [0.05, 0.1) is 5.69 Å². The zero-order chi connectivity index (χ0) is 9.26. The summed E-state index contributed by atoms with van der Waals surface area (Å²) in [6.45, 7) is 0. The van der Waals surface area contributed by atoms with Crippen LogP contribution in [-0.4, -0.2) is 10.2 Å². The number of H-pyrrole nitrogens is 1. The second-order valence-corrected chi connectivity index (χ2v) is 3.00. The van der Waals surface area contributed by atoms with E-state index in [1.54, 1.807) is 18.2 Å². The van der Waals surface area contributed by atoms with Crippen LogP contribution in [0.25, 0.3) is 11.3 Å². The van der Waals surface area contributed by atoms with E-state index in [0.29, 0.717) is 10.8 Å². The monoisotopic (exact) mass is 196 g/mol. The molecule has 66 valence electrons. The van der Waals surface area contributed by atoms with E-state index in [2.05, 4.69) is 10.2 Å². The van der Waals surface area contributed by atoms with Gasteiger partial charge < -0.3 is 0 Å². The van der Waals surface area contributed by atoms with Crippen molar-refractivity contribution in [2.45, 2.75) is 0 Å². The predicted octanol–water partition coefficient (Wildman–Crippen LogP) is 2.87. The lowest BCUT2D eigenvalue weighted by atomic mass is 10.1. The van der Waals surface area contributed by atoms with Crippen molar-refractivity contribution in [3.63, 3.8) is 0 Å². The lowest BCUT2D eigenvalue weighted by Crippen LogP contribution is -1.79. The summed E-state index contributed by atoms with van der Waals surface area (Å²) in [5.74, 6) is -0.275. The Bertz CT molecular complexity index is 425. The first-order valence-corrected chi connectivity index (χ1v) is 4.10. The Morgan fingerprint density at radius 3 is 2.77 bits per heavy atom. The van der Waals surface area contributed by atoms with Gasteiger partial charge in [-0.3, -0.25) is 5.10 Å². The van der Waals surface area contributed by atoms with E-state index in [0.717, 1.165) is 5.56 Å². The van der Waals surface area contributed by atoms with Crippen molar-refractivity contribution >= 4 is 11.6 Å². The summed E-state index contributed by atoms with van der Waals surface area (Å²) < 4.78 is 12.8. The molecule has 1 heterocycles. The first-order valence-electron chi connectivity index (χ1n) is 3.72. The van der Waals surface area contributed by atoms with Crippen LogP contribution in [-0.2, 0) is 0 Å². The van der Waals surface area contributed by atoms with Crippen molar-refractivity contribution in [1.82, 2.24) is 10.2 Å². The first-order chi connectivity index (χ1) is 6.25. The molecule has 0 saturated heterocycles. The smallest absolute Gasteiger partial charge is 0.151 e. The Balaban J connectivity index is 2.46. The van der Waals surface area contributed by atoms with E-state index < -0.39 is 0 Å². The minimum atomic E-state index is -0.275. The molecule has 0 unspecified atom stereocenters. The SMILES string of the molecule is Fc1cccc(-c2cc(Cl)n[nH]2)c1. The molecule has 13 heavy (non-hydrogen) atoms. The predicted molar refractivity (Wildman–Crippen MR) is 49.0 cm³/mol. The quantitative estimate of drug-likeness (QED) is 0.747. The van der Waals surface area contributed by atoms with Crippen molar-refractivity contribution in [2.24, 2.45) is 0 Å². The Morgan fingerprint density at radius 2 is 2.15 bits per heavy atom. The molecule has 0 atom stereocenters. The number of benzene rings is 1. The molecule has 0 radical (unpaired) electrons. The first kappa shape index (κ1) is 8.26. The van der Waals surface area contributed by atoms with E-state index >= 15 is 0 Å². The molecule has 0 fully saturated rings. The highest BCUT2D eigenvalue weighted by Crippen LogP contribution is 2.19. The third-order valence-corrected chi connectivity index (χ3v) is 1.88. The normalized spacial score (nSPS) is 10.3. The maximum Gasteiger partial charge on any atom is 0.151 e. The van der Waals surface area contributed by atoms with Crippen molar-refractivity contribution < 1.29 is 4.39 Å². The van der Waals surface area contributed by atoms with Crippen LogP contribution in [0.4, 0.5) is 4.39 Å². The molecule has 0 saturated carbocycles. The number of aromatic nitrogens is 2. The average molecular weight is 197 g/mol. The maximum atomic E-state index is 12.8. The Labute approximate surface area is 79.4 Å². The minimum Gasteiger partial charge on any atom is -0.276 e. The van der Waals surface area contributed by atoms with Gasteiger partial charge in [0.25, 0.3) is 0 Å². The van der Waals surface area contributed by atoms with Crippen LogP contribution in [0.15, 0.2) is 30.3 Å². The van der Waals surface area contributed by atoms with Gasteiger partial charge in [-0.05, 0) is 12.1 Å². The van der Waals surface area contributed by atoms with E-state index in [9.17, 15) is 4.39 Å². The van der Waals surface area contributed by atoms with Crippen LogP contribution < -0.4 is 0 Å². The third-order valence-electron chi connectivity index (χ3n) is 1.68. The second-order valence-electron chi connectivity index (χ2n) is 2.61. The topological polar surface area (TPSA) is 28.7 Å². The number of halogens is 2. The fourth-order valence-corrected chi connectivity index (χ4v) is 1.25. The molecular weight excluding hydrogens is 191 g/mol. The Kier molecular flexibility index (Phi) is 2.02. The van der Waals surface area contributed by atoms with Gasteiger partial charge in [0.15, 0.2) is 5.15 Å². The summed E-state index contributed by atoms with van der Waals surface area (Å²) in [5.41, 5.74) is 1.45. The highest BCUT2D eigenvalue weighted by molar-refractivity contribution is 6.29. The second kappa shape index (κ2) is 3.18. The van der Waals surface area contributed by atoms with Gasteiger partial charge >= 0.3 is 0 Å². The van der Waals surface area contributed by atoms with E-state index in [1.807, 2.05) is 0 Å². The molecule has 0 aliphatic heterocycles. The van der Waals surface area contributed by atoms with Crippen LogP contribution in [0.2, 0.25) is 5.15 Å². The number of rotatable bonds is 1. The average Bonchev–Trinajstić information content (AvgIpc) is 2.52. The Hall–Kier alpha value is -1.35. The highest BCUT2D eigenvalue weighted by Gasteiger charge is 2.01. The van der Waals surface area contributed by atoms with E-state index in [1.165, 1.54) is 12.1 Å². The maximum absolute atomic E-state index is 12.8. The molecule has 1 aromatic heterocycles. The zero-order valence-electron chi connectivity index (χ0n) is 6.59. The molecule has 4 heteroatoms. The fraction of sp³-hybridized carbons (Fsp3) is 0. The number of hydrogen-bond donors (Lipinski definition) is 1. The molecular formula is C9H6ClFN2. The number of nitrogens with zero attached hydrogens (tertiary/aromatic N) is 1. The van der Waals surface area contributed by atoms with Gasteiger partial charge in [0.1, 0.15) is 5.82 Å². The lowest BCUT2D eigenvalue weighted by molar-refractivity contribution is 0.628. The molecule has 0 aliphatic carbocycles. The van der Waals surface area contributed by atoms with E-state index in [4.69, 9.17) is 11.6 Å². The molecule has 2 nitrogen and oxygen atoms in total. The van der Waals surface area contributed by atoms with Gasteiger partial charge in [0.2, 0.25) is 0 Å². The molecule has 0 aliphatic rings. The van der Waals surface area contributed by atoms with Crippen LogP contribution >= 0.6 is 11.6 Å². The zero-order valence-corrected chi connectivity index (χ0v) is 7.35. The number of nitrogens with one attached hydrogen (secondary N) is 1. The summed E-state index contributed by atoms with van der Waals surface area (Å²) in [5, 5.41) is 6.82. The minimum absolute atomic E-state index is 0.275. The number of aromatic amines is 1. The summed E-state index contributed by atoms with van der Waals surface area (Å²) in [6.07, 6.45) is 0. The summed E-state index contributed by atoms with van der Waals surface area (Å²) >= 11 is 5.61. The molecule has 0 bridgehead atoms. The standard InChI is InChI=1S/C9H6ClFN2/c10-9-5-8(12-13-9)6-2-1-3-7(11)4-6/h1-5H,(H,12,13). The Morgan fingerprint density at radius 1 is 1.31 bits per heavy atom. The van der Waals surface area contributed by atoms with Crippen LogP contribution in [0, 0.1) is 5.82 Å². The van der Waals surface area contributed by atoms with Gasteiger partial charge in [-0.25, -0.2) is 4.39 Å². The van der Waals surface area contributed by atoms with E-state index in [-0.39, 0.29) is 5.82 Å². The number of hydrogen-bond acceptors (Lipinski definition) is 1. The molecule has 1 aromatic carbocycles.